The van der Waals surface area contributed by atoms with E-state index in [1.54, 1.807) is 6.07 Å². The van der Waals surface area contributed by atoms with Crippen molar-refractivity contribution >= 4 is 17.3 Å². The minimum Gasteiger partial charge on any atom is -0.488 e. The lowest BCUT2D eigenvalue weighted by molar-refractivity contribution is 0.302. The van der Waals surface area contributed by atoms with Crippen LogP contribution in [0.25, 0.3) is 0 Å². The number of hydrogen-bond donors (Lipinski definition) is 1. The third-order valence-electron chi connectivity index (χ3n) is 2.87. The molecule has 0 saturated heterocycles. The molecule has 0 bridgehead atoms. The zero-order valence-corrected chi connectivity index (χ0v) is 11.6. The Morgan fingerprint density at radius 2 is 1.79 bits per heavy atom. The molecule has 2 N–H and O–H groups in total. The van der Waals surface area contributed by atoms with Crippen molar-refractivity contribution < 1.29 is 9.13 Å². The molecule has 2 nitrogen and oxygen atoms in total. The van der Waals surface area contributed by atoms with Gasteiger partial charge in [0.25, 0.3) is 0 Å². The lowest BCUT2D eigenvalue weighted by atomic mass is 10.1. The fourth-order valence-electron chi connectivity index (χ4n) is 2.00. The first-order chi connectivity index (χ1) is 8.97. The van der Waals surface area contributed by atoms with Crippen LogP contribution in [0.2, 0.25) is 5.02 Å². The summed E-state index contributed by atoms with van der Waals surface area (Å²) in [6.07, 6.45) is 0. The molecule has 0 fully saturated rings. The highest BCUT2D eigenvalue weighted by atomic mass is 35.5. The normalized spacial score (nSPS) is 10.5. The van der Waals surface area contributed by atoms with Gasteiger partial charge >= 0.3 is 0 Å². The Hall–Kier alpha value is -1.74. The first kappa shape index (κ1) is 13.7. The Labute approximate surface area is 117 Å². The highest BCUT2D eigenvalue weighted by Gasteiger charge is 2.08. The van der Waals surface area contributed by atoms with Gasteiger partial charge in [-0.15, -0.1) is 0 Å². The Bertz CT molecular complexity index is 590. The average molecular weight is 280 g/mol. The molecule has 2 aromatic carbocycles. The van der Waals surface area contributed by atoms with E-state index in [-0.39, 0.29) is 5.82 Å². The number of anilines is 1. The van der Waals surface area contributed by atoms with Gasteiger partial charge in [-0.05, 0) is 49.2 Å². The molecule has 0 atom stereocenters. The van der Waals surface area contributed by atoms with Crippen LogP contribution in [-0.4, -0.2) is 0 Å². The number of rotatable bonds is 3. The summed E-state index contributed by atoms with van der Waals surface area (Å²) in [4.78, 5) is 0. The molecule has 0 amide bonds. The van der Waals surface area contributed by atoms with E-state index in [0.717, 1.165) is 22.4 Å². The Morgan fingerprint density at radius 1 is 1.16 bits per heavy atom. The molecule has 0 aliphatic carbocycles. The van der Waals surface area contributed by atoms with Crippen LogP contribution < -0.4 is 10.5 Å². The van der Waals surface area contributed by atoms with Gasteiger partial charge in [-0.2, -0.15) is 0 Å². The second-order valence-electron chi connectivity index (χ2n) is 4.51. The second-order valence-corrected chi connectivity index (χ2v) is 4.92. The highest BCUT2D eigenvalue weighted by Crippen LogP contribution is 2.27. The van der Waals surface area contributed by atoms with Gasteiger partial charge in [0.2, 0.25) is 0 Å². The van der Waals surface area contributed by atoms with Crippen LogP contribution in [0.15, 0.2) is 30.3 Å². The average Bonchev–Trinajstić information content (AvgIpc) is 2.30. The van der Waals surface area contributed by atoms with Crippen molar-refractivity contribution in [3.8, 4) is 5.75 Å². The molecule has 0 radical (unpaired) electrons. The SMILES string of the molecule is Cc1cc(N)cc(C)c1OCc1ccc(F)cc1Cl. The minimum absolute atomic E-state index is 0.296. The minimum atomic E-state index is -0.353. The lowest BCUT2D eigenvalue weighted by Crippen LogP contribution is -2.01. The number of nitrogen functional groups attached to an aromatic ring is 1. The van der Waals surface area contributed by atoms with Crippen LogP contribution in [-0.2, 0) is 6.61 Å². The molecule has 0 aliphatic rings. The van der Waals surface area contributed by atoms with E-state index in [9.17, 15) is 4.39 Å². The first-order valence-corrected chi connectivity index (χ1v) is 6.28. The summed E-state index contributed by atoms with van der Waals surface area (Å²) >= 11 is 5.96. The van der Waals surface area contributed by atoms with Crippen LogP contribution in [0.1, 0.15) is 16.7 Å². The van der Waals surface area contributed by atoms with Crippen LogP contribution in [0, 0.1) is 19.7 Å². The topological polar surface area (TPSA) is 35.2 Å². The van der Waals surface area contributed by atoms with Gasteiger partial charge in [0.15, 0.2) is 0 Å². The van der Waals surface area contributed by atoms with Crippen molar-refractivity contribution in [1.29, 1.82) is 0 Å². The molecule has 0 spiro atoms. The van der Waals surface area contributed by atoms with Crippen molar-refractivity contribution in [2.45, 2.75) is 20.5 Å². The number of ether oxygens (including phenoxy) is 1. The van der Waals surface area contributed by atoms with Gasteiger partial charge in [0.05, 0.1) is 5.02 Å². The Balaban J connectivity index is 2.19. The Morgan fingerprint density at radius 3 is 2.37 bits per heavy atom. The molecule has 0 unspecified atom stereocenters. The maximum atomic E-state index is 12.9. The van der Waals surface area contributed by atoms with Crippen LogP contribution in [0.4, 0.5) is 10.1 Å². The predicted molar refractivity (Wildman–Crippen MR) is 76.1 cm³/mol. The molecule has 0 aromatic heterocycles. The number of hydrogen-bond acceptors (Lipinski definition) is 2. The van der Waals surface area contributed by atoms with Gasteiger partial charge in [0.1, 0.15) is 18.2 Å². The van der Waals surface area contributed by atoms with E-state index < -0.39 is 0 Å². The van der Waals surface area contributed by atoms with Gasteiger partial charge in [-0.25, -0.2) is 4.39 Å². The van der Waals surface area contributed by atoms with Crippen molar-refractivity contribution in [3.05, 3.63) is 57.9 Å². The number of benzene rings is 2. The molecule has 2 aromatic rings. The first-order valence-electron chi connectivity index (χ1n) is 5.91. The third kappa shape index (κ3) is 3.18. The summed E-state index contributed by atoms with van der Waals surface area (Å²) in [5, 5.41) is 0.366. The monoisotopic (exact) mass is 279 g/mol. The van der Waals surface area contributed by atoms with Gasteiger partial charge < -0.3 is 10.5 Å². The lowest BCUT2D eigenvalue weighted by Gasteiger charge is -2.13. The van der Waals surface area contributed by atoms with Crippen LogP contribution in [0.5, 0.6) is 5.75 Å². The smallest absolute Gasteiger partial charge is 0.125 e. The van der Waals surface area contributed by atoms with E-state index in [1.165, 1.54) is 12.1 Å². The molecule has 0 saturated carbocycles. The third-order valence-corrected chi connectivity index (χ3v) is 3.22. The molecule has 4 heteroatoms. The maximum absolute atomic E-state index is 12.9. The predicted octanol–water partition coefficient (Wildman–Crippen LogP) is 4.26. The molecular weight excluding hydrogens is 265 g/mol. The highest BCUT2D eigenvalue weighted by molar-refractivity contribution is 6.31. The Kier molecular flexibility index (Phi) is 3.96. The van der Waals surface area contributed by atoms with Crippen molar-refractivity contribution in [2.24, 2.45) is 0 Å². The van der Waals surface area contributed by atoms with E-state index in [0.29, 0.717) is 17.3 Å². The standard InChI is InChI=1S/C15H15ClFNO/c1-9-5-13(18)6-10(2)15(9)19-8-11-3-4-12(17)7-14(11)16/h3-7H,8,18H2,1-2H3. The molecule has 19 heavy (non-hydrogen) atoms. The van der Waals surface area contributed by atoms with E-state index in [1.807, 2.05) is 26.0 Å². The van der Waals surface area contributed by atoms with E-state index >= 15 is 0 Å². The summed E-state index contributed by atoms with van der Waals surface area (Å²) in [5.41, 5.74) is 9.15. The zero-order chi connectivity index (χ0) is 14.0. The fraction of sp³-hybridized carbons (Fsp3) is 0.200. The summed E-state index contributed by atoms with van der Waals surface area (Å²) in [6, 6.07) is 7.99. The van der Waals surface area contributed by atoms with E-state index in [2.05, 4.69) is 0 Å². The largest absolute Gasteiger partial charge is 0.488 e. The van der Waals surface area contributed by atoms with Gasteiger partial charge in [0, 0.05) is 11.3 Å². The van der Waals surface area contributed by atoms with Crippen molar-refractivity contribution in [1.82, 2.24) is 0 Å². The summed E-state index contributed by atoms with van der Waals surface area (Å²) in [6.45, 7) is 4.17. The van der Waals surface area contributed by atoms with Crippen molar-refractivity contribution in [2.75, 3.05) is 5.73 Å². The zero-order valence-electron chi connectivity index (χ0n) is 10.8. The summed E-state index contributed by atoms with van der Waals surface area (Å²) < 4.78 is 18.7. The molecular formula is C15H15ClFNO. The number of aryl methyl sites for hydroxylation is 2. The van der Waals surface area contributed by atoms with Gasteiger partial charge in [-0.1, -0.05) is 17.7 Å². The number of halogens is 2. The van der Waals surface area contributed by atoms with Gasteiger partial charge in [-0.3, -0.25) is 0 Å². The van der Waals surface area contributed by atoms with Crippen LogP contribution in [0.3, 0.4) is 0 Å². The quantitative estimate of drug-likeness (QED) is 0.852. The molecule has 100 valence electrons. The number of nitrogens with two attached hydrogens (primary N) is 1. The second kappa shape index (κ2) is 5.49. The molecule has 0 aliphatic heterocycles. The molecule has 0 heterocycles. The van der Waals surface area contributed by atoms with Crippen LogP contribution >= 0.6 is 11.6 Å². The summed E-state index contributed by atoms with van der Waals surface area (Å²) in [7, 11) is 0. The van der Waals surface area contributed by atoms with E-state index in [4.69, 9.17) is 22.1 Å². The maximum Gasteiger partial charge on any atom is 0.125 e. The fourth-order valence-corrected chi connectivity index (χ4v) is 2.22. The van der Waals surface area contributed by atoms with Crippen molar-refractivity contribution in [3.63, 3.8) is 0 Å². The summed E-state index contributed by atoms with van der Waals surface area (Å²) in [5.74, 6) is 0.434. The molecule has 2 rings (SSSR count).